The molecule has 5 heteroatoms. The van der Waals surface area contributed by atoms with E-state index < -0.39 is 5.60 Å². The molecule has 1 aliphatic heterocycles. The van der Waals surface area contributed by atoms with Crippen LogP contribution in [0.4, 0.5) is 0 Å². The van der Waals surface area contributed by atoms with Gasteiger partial charge >= 0.3 is 5.97 Å². The molecule has 0 aromatic carbocycles. The zero-order valence-corrected chi connectivity index (χ0v) is 13.3. The molecule has 2 N–H and O–H groups in total. The smallest absolute Gasteiger partial charge is 0.310 e. The van der Waals surface area contributed by atoms with E-state index in [9.17, 15) is 9.59 Å². The van der Waals surface area contributed by atoms with Crippen molar-refractivity contribution in [1.82, 2.24) is 4.90 Å². The maximum atomic E-state index is 12.3. The molecular weight excluding hydrogens is 256 g/mol. The average Bonchev–Trinajstić information content (AvgIpc) is 2.22. The summed E-state index contributed by atoms with van der Waals surface area (Å²) in [6.45, 7) is 12.1. The summed E-state index contributed by atoms with van der Waals surface area (Å²) in [5, 5.41) is 0. The van der Waals surface area contributed by atoms with E-state index in [1.54, 1.807) is 0 Å². The summed E-state index contributed by atoms with van der Waals surface area (Å²) in [6, 6.07) is 0. The van der Waals surface area contributed by atoms with Gasteiger partial charge in [0.05, 0.1) is 5.92 Å². The Hall–Kier alpha value is -1.10. The van der Waals surface area contributed by atoms with Gasteiger partial charge in [0, 0.05) is 26.1 Å². The van der Waals surface area contributed by atoms with Gasteiger partial charge in [-0.1, -0.05) is 13.8 Å². The lowest BCUT2D eigenvalue weighted by molar-refractivity contribution is -0.166. The molecule has 1 rings (SSSR count). The van der Waals surface area contributed by atoms with Crippen LogP contribution in [0.25, 0.3) is 0 Å². The van der Waals surface area contributed by atoms with Gasteiger partial charge < -0.3 is 15.4 Å². The molecule has 1 fully saturated rings. The summed E-state index contributed by atoms with van der Waals surface area (Å²) in [5.41, 5.74) is 4.74. The molecule has 0 aromatic rings. The van der Waals surface area contributed by atoms with E-state index in [0.29, 0.717) is 13.0 Å². The molecule has 1 saturated heterocycles. The Morgan fingerprint density at radius 1 is 1.20 bits per heavy atom. The summed E-state index contributed by atoms with van der Waals surface area (Å²) in [5.74, 6) is -0.00590. The number of esters is 1. The maximum Gasteiger partial charge on any atom is 0.310 e. The topological polar surface area (TPSA) is 72.6 Å². The summed E-state index contributed by atoms with van der Waals surface area (Å²) in [4.78, 5) is 25.4. The zero-order chi connectivity index (χ0) is 15.5. The number of likely N-dealkylation sites (tertiary alicyclic amines) is 1. The number of hydrogen-bond donors (Lipinski definition) is 1. The maximum absolute atomic E-state index is 12.3. The first-order valence-electron chi connectivity index (χ1n) is 7.33. The minimum atomic E-state index is -0.445. The largest absolute Gasteiger partial charge is 0.460 e. The number of ether oxygens (including phenoxy) is 1. The summed E-state index contributed by atoms with van der Waals surface area (Å²) < 4.78 is 5.52. The normalized spacial score (nSPS) is 28.1. The highest BCUT2D eigenvalue weighted by Gasteiger charge is 2.38. The number of nitrogens with two attached hydrogens (primary N) is 1. The number of nitrogens with zero attached hydrogens (tertiary/aromatic N) is 1. The van der Waals surface area contributed by atoms with Gasteiger partial charge in [-0.2, -0.15) is 0 Å². The van der Waals surface area contributed by atoms with Crippen LogP contribution in [0.5, 0.6) is 0 Å². The van der Waals surface area contributed by atoms with Gasteiger partial charge in [0.25, 0.3) is 0 Å². The molecule has 0 spiro atoms. The zero-order valence-electron chi connectivity index (χ0n) is 13.3. The van der Waals surface area contributed by atoms with Gasteiger partial charge in [-0.25, -0.2) is 0 Å². The van der Waals surface area contributed by atoms with E-state index in [-0.39, 0.29) is 29.6 Å². The summed E-state index contributed by atoms with van der Waals surface area (Å²) >= 11 is 0. The Morgan fingerprint density at radius 2 is 1.70 bits per heavy atom. The van der Waals surface area contributed by atoms with Crippen molar-refractivity contribution in [3.63, 3.8) is 0 Å². The quantitative estimate of drug-likeness (QED) is 0.792. The second-order valence-corrected chi connectivity index (χ2v) is 6.99. The third kappa shape index (κ3) is 5.12. The van der Waals surface area contributed by atoms with E-state index >= 15 is 0 Å². The Morgan fingerprint density at radius 3 is 2.10 bits per heavy atom. The molecule has 2 unspecified atom stereocenters. The summed E-state index contributed by atoms with van der Waals surface area (Å²) in [7, 11) is 0. The van der Waals surface area contributed by atoms with Crippen LogP contribution in [0.2, 0.25) is 0 Å². The lowest BCUT2D eigenvalue weighted by atomic mass is 9.79. The molecular formula is C15H28N2O3. The number of carbonyl (C=O) groups excluding carboxylic acids is 2. The second-order valence-electron chi connectivity index (χ2n) is 6.99. The van der Waals surface area contributed by atoms with Crippen molar-refractivity contribution in [2.24, 2.45) is 23.5 Å². The lowest BCUT2D eigenvalue weighted by Gasteiger charge is -2.40. The number of primary amides is 1. The van der Waals surface area contributed by atoms with Gasteiger partial charge in [-0.15, -0.1) is 0 Å². The van der Waals surface area contributed by atoms with Crippen LogP contribution in [0, 0.1) is 17.8 Å². The van der Waals surface area contributed by atoms with Gasteiger partial charge in [0.15, 0.2) is 0 Å². The van der Waals surface area contributed by atoms with Crippen molar-refractivity contribution < 1.29 is 14.3 Å². The lowest BCUT2D eigenvalue weighted by Crippen LogP contribution is -2.49. The van der Waals surface area contributed by atoms with Crippen LogP contribution < -0.4 is 5.73 Å². The van der Waals surface area contributed by atoms with Crippen LogP contribution >= 0.6 is 0 Å². The first-order valence-corrected chi connectivity index (χ1v) is 7.33. The molecule has 0 radical (unpaired) electrons. The van der Waals surface area contributed by atoms with E-state index in [0.717, 1.165) is 13.1 Å². The highest BCUT2D eigenvalue weighted by molar-refractivity contribution is 5.74. The molecule has 1 amide bonds. The fourth-order valence-electron chi connectivity index (χ4n) is 2.96. The minimum Gasteiger partial charge on any atom is -0.460 e. The standard InChI is InChI=1S/C15H28N2O3/c1-10-8-17(7-6-12(16)18)9-11(2)13(10)14(19)20-15(3,4)5/h10-11,13H,6-9H2,1-5H3,(H2,16,18). The van der Waals surface area contributed by atoms with Crippen molar-refractivity contribution in [3.8, 4) is 0 Å². The molecule has 0 bridgehead atoms. The van der Waals surface area contributed by atoms with E-state index in [1.165, 1.54) is 0 Å². The van der Waals surface area contributed by atoms with E-state index in [4.69, 9.17) is 10.5 Å². The number of carbonyl (C=O) groups is 2. The van der Waals surface area contributed by atoms with Crippen LogP contribution in [0.15, 0.2) is 0 Å². The number of hydrogen-bond acceptors (Lipinski definition) is 4. The molecule has 0 aliphatic carbocycles. The van der Waals surface area contributed by atoms with Crippen molar-refractivity contribution in [1.29, 1.82) is 0 Å². The Bertz CT molecular complexity index is 351. The SMILES string of the molecule is CC1CN(CCC(N)=O)CC(C)C1C(=O)OC(C)(C)C. The predicted molar refractivity (Wildman–Crippen MR) is 77.9 cm³/mol. The first-order chi connectivity index (χ1) is 9.10. The third-order valence-corrected chi connectivity index (χ3v) is 3.67. The fraction of sp³-hybridized carbons (Fsp3) is 0.867. The highest BCUT2D eigenvalue weighted by Crippen LogP contribution is 2.30. The Labute approximate surface area is 121 Å². The van der Waals surface area contributed by atoms with Crippen molar-refractivity contribution in [3.05, 3.63) is 0 Å². The van der Waals surface area contributed by atoms with Crippen LogP contribution in [0.3, 0.4) is 0 Å². The molecule has 20 heavy (non-hydrogen) atoms. The van der Waals surface area contributed by atoms with E-state index in [1.807, 2.05) is 20.8 Å². The molecule has 0 saturated carbocycles. The minimum absolute atomic E-state index is 0.0703. The number of amides is 1. The van der Waals surface area contributed by atoms with Gasteiger partial charge in [0.2, 0.25) is 5.91 Å². The van der Waals surface area contributed by atoms with Crippen molar-refractivity contribution in [2.75, 3.05) is 19.6 Å². The molecule has 1 aliphatic rings. The fourth-order valence-corrected chi connectivity index (χ4v) is 2.96. The van der Waals surface area contributed by atoms with Gasteiger partial charge in [-0.3, -0.25) is 9.59 Å². The molecule has 5 nitrogen and oxygen atoms in total. The van der Waals surface area contributed by atoms with Crippen molar-refractivity contribution >= 4 is 11.9 Å². The molecule has 0 aromatic heterocycles. The van der Waals surface area contributed by atoms with Crippen LogP contribution in [-0.2, 0) is 14.3 Å². The molecule has 116 valence electrons. The third-order valence-electron chi connectivity index (χ3n) is 3.67. The molecule has 1 heterocycles. The summed E-state index contributed by atoms with van der Waals surface area (Å²) in [6.07, 6.45) is 0.372. The monoisotopic (exact) mass is 284 g/mol. The second kappa shape index (κ2) is 6.57. The van der Waals surface area contributed by atoms with Gasteiger partial charge in [-0.05, 0) is 32.6 Å². The Kier molecular flexibility index (Phi) is 5.57. The van der Waals surface area contributed by atoms with Crippen molar-refractivity contribution in [2.45, 2.75) is 46.6 Å². The number of piperidine rings is 1. The average molecular weight is 284 g/mol. The Balaban J connectivity index is 2.60. The highest BCUT2D eigenvalue weighted by atomic mass is 16.6. The molecule has 2 atom stereocenters. The van der Waals surface area contributed by atoms with Gasteiger partial charge in [0.1, 0.15) is 5.60 Å². The van der Waals surface area contributed by atoms with Crippen LogP contribution in [-0.4, -0.2) is 42.0 Å². The van der Waals surface area contributed by atoms with E-state index in [2.05, 4.69) is 18.7 Å². The predicted octanol–water partition coefficient (Wildman–Crippen LogP) is 1.41. The van der Waals surface area contributed by atoms with Crippen LogP contribution in [0.1, 0.15) is 41.0 Å². The number of rotatable bonds is 4. The first kappa shape index (κ1) is 17.0.